The van der Waals surface area contributed by atoms with Gasteiger partial charge in [-0.3, -0.25) is 4.79 Å². The van der Waals surface area contributed by atoms with Gasteiger partial charge in [-0.05, 0) is 37.6 Å². The van der Waals surface area contributed by atoms with Crippen LogP contribution in [-0.2, 0) is 17.1 Å². The first-order valence-corrected chi connectivity index (χ1v) is 10.7. The van der Waals surface area contributed by atoms with Gasteiger partial charge < -0.3 is 19.9 Å². The second-order valence-electron chi connectivity index (χ2n) is 7.86. The molecule has 0 aliphatic carbocycles. The van der Waals surface area contributed by atoms with E-state index in [2.05, 4.69) is 15.4 Å². The van der Waals surface area contributed by atoms with Gasteiger partial charge in [-0.1, -0.05) is 0 Å². The molecule has 1 amide bonds. The van der Waals surface area contributed by atoms with Gasteiger partial charge in [-0.25, -0.2) is 17.5 Å². The van der Waals surface area contributed by atoms with E-state index in [1.807, 2.05) is 6.92 Å². The molecule has 156 valence electrons. The van der Waals surface area contributed by atoms with E-state index in [9.17, 15) is 17.6 Å². The van der Waals surface area contributed by atoms with Crippen molar-refractivity contribution in [1.29, 1.82) is 0 Å². The van der Waals surface area contributed by atoms with Gasteiger partial charge in [-0.15, -0.1) is 0 Å². The maximum atomic E-state index is 13.5. The van der Waals surface area contributed by atoms with Crippen molar-refractivity contribution in [2.45, 2.75) is 24.3 Å². The Kier molecular flexibility index (Phi) is 4.67. The van der Waals surface area contributed by atoms with Crippen LogP contribution in [-0.4, -0.2) is 44.1 Å². The Balaban J connectivity index is 1.72. The maximum absolute atomic E-state index is 13.5. The molecular weight excluding hydrogens is 399 g/mol. The first-order chi connectivity index (χ1) is 13.6. The average molecular weight is 422 g/mol. The molecule has 4 rings (SSSR count). The van der Waals surface area contributed by atoms with Gasteiger partial charge in [0.1, 0.15) is 10.7 Å². The lowest BCUT2D eigenvalue weighted by Gasteiger charge is -2.33. The number of aromatic nitrogens is 1. The Bertz CT molecular complexity index is 1100. The van der Waals surface area contributed by atoms with E-state index in [4.69, 9.17) is 4.74 Å². The standard InChI is InChI=1S/C19H23FN4O4S/c1-11-6-13(4-5-14(11)20)22-18(25)16-17-15(8-24(16)3)29(26,27)23-19(2)10-21-7-12(19)9-28-17/h4-6,8,12,21,23H,7,9-10H2,1-3H3,(H,22,25)/t12-,19-/m1/s1. The van der Waals surface area contributed by atoms with Crippen LogP contribution in [0.15, 0.2) is 29.3 Å². The number of rotatable bonds is 2. The van der Waals surface area contributed by atoms with E-state index >= 15 is 0 Å². The van der Waals surface area contributed by atoms with Crippen LogP contribution < -0.4 is 20.1 Å². The van der Waals surface area contributed by atoms with Gasteiger partial charge >= 0.3 is 0 Å². The number of benzene rings is 1. The third-order valence-electron chi connectivity index (χ3n) is 5.60. The Morgan fingerprint density at radius 2 is 2.17 bits per heavy atom. The predicted molar refractivity (Wildman–Crippen MR) is 105 cm³/mol. The molecule has 2 aromatic rings. The zero-order valence-electron chi connectivity index (χ0n) is 16.4. The summed E-state index contributed by atoms with van der Waals surface area (Å²) < 4.78 is 49.6. The summed E-state index contributed by atoms with van der Waals surface area (Å²) >= 11 is 0. The van der Waals surface area contributed by atoms with Crippen molar-refractivity contribution in [3.63, 3.8) is 0 Å². The summed E-state index contributed by atoms with van der Waals surface area (Å²) in [6.45, 7) is 4.81. The van der Waals surface area contributed by atoms with Crippen LogP contribution in [0.1, 0.15) is 23.0 Å². The highest BCUT2D eigenvalue weighted by Crippen LogP contribution is 2.36. The number of carbonyl (C=O) groups is 1. The van der Waals surface area contributed by atoms with E-state index in [-0.39, 0.29) is 34.7 Å². The van der Waals surface area contributed by atoms with Gasteiger partial charge in [0.15, 0.2) is 11.4 Å². The second kappa shape index (κ2) is 6.82. The van der Waals surface area contributed by atoms with Crippen LogP contribution in [0.2, 0.25) is 0 Å². The zero-order chi connectivity index (χ0) is 21.0. The van der Waals surface area contributed by atoms with Crippen molar-refractivity contribution in [2.75, 3.05) is 25.0 Å². The lowest BCUT2D eigenvalue weighted by atomic mass is 9.91. The molecule has 1 fully saturated rings. The molecule has 10 heteroatoms. The Hall–Kier alpha value is -2.43. The number of ether oxygens (including phenoxy) is 1. The number of hydrogen-bond acceptors (Lipinski definition) is 5. The minimum Gasteiger partial charge on any atom is -0.489 e. The molecule has 2 aliphatic heterocycles. The molecule has 2 aliphatic rings. The van der Waals surface area contributed by atoms with Crippen LogP contribution in [0.25, 0.3) is 0 Å². The van der Waals surface area contributed by atoms with Gasteiger partial charge in [0.25, 0.3) is 5.91 Å². The third-order valence-corrected chi connectivity index (χ3v) is 7.21. The Labute approximate surface area is 168 Å². The SMILES string of the molecule is Cc1cc(NC(=O)c2c3c(cn2C)S(=O)(=O)N[C@]2(C)CNC[C@@H]2CO3)ccc1F. The summed E-state index contributed by atoms with van der Waals surface area (Å²) in [6, 6.07) is 4.22. The van der Waals surface area contributed by atoms with Gasteiger partial charge in [0, 0.05) is 43.5 Å². The normalized spacial score (nSPS) is 25.3. The van der Waals surface area contributed by atoms with Gasteiger partial charge in [-0.2, -0.15) is 0 Å². The number of amides is 1. The highest BCUT2D eigenvalue weighted by molar-refractivity contribution is 7.89. The molecule has 0 radical (unpaired) electrons. The Morgan fingerprint density at radius 1 is 1.41 bits per heavy atom. The van der Waals surface area contributed by atoms with Crippen molar-refractivity contribution in [3.8, 4) is 5.75 Å². The quantitative estimate of drug-likeness (QED) is 0.679. The fourth-order valence-electron chi connectivity index (χ4n) is 3.87. The van der Waals surface area contributed by atoms with Crippen molar-refractivity contribution in [3.05, 3.63) is 41.5 Å². The van der Waals surface area contributed by atoms with Crippen LogP contribution in [0.5, 0.6) is 5.75 Å². The molecule has 0 bridgehead atoms. The summed E-state index contributed by atoms with van der Waals surface area (Å²) in [5, 5.41) is 5.87. The van der Waals surface area contributed by atoms with Crippen molar-refractivity contribution in [2.24, 2.45) is 13.0 Å². The minimum atomic E-state index is -3.90. The number of nitrogens with zero attached hydrogens (tertiary/aromatic N) is 1. The molecule has 29 heavy (non-hydrogen) atoms. The second-order valence-corrected chi connectivity index (χ2v) is 9.51. The van der Waals surface area contributed by atoms with E-state index < -0.39 is 21.5 Å². The van der Waals surface area contributed by atoms with Crippen molar-refractivity contribution < 1.29 is 22.3 Å². The smallest absolute Gasteiger partial charge is 0.276 e. The highest BCUT2D eigenvalue weighted by atomic mass is 32.2. The topological polar surface area (TPSA) is 101 Å². The molecule has 1 saturated heterocycles. The molecule has 0 spiro atoms. The van der Waals surface area contributed by atoms with E-state index in [1.54, 1.807) is 14.0 Å². The lowest BCUT2D eigenvalue weighted by Crippen LogP contribution is -2.54. The average Bonchev–Trinajstić information content (AvgIpc) is 3.14. The van der Waals surface area contributed by atoms with Crippen LogP contribution in [0.3, 0.4) is 0 Å². The van der Waals surface area contributed by atoms with E-state index in [0.717, 1.165) is 0 Å². The zero-order valence-corrected chi connectivity index (χ0v) is 17.2. The predicted octanol–water partition coefficient (Wildman–Crippen LogP) is 1.37. The van der Waals surface area contributed by atoms with Crippen LogP contribution in [0.4, 0.5) is 10.1 Å². The van der Waals surface area contributed by atoms with Crippen LogP contribution in [0, 0.1) is 18.7 Å². The van der Waals surface area contributed by atoms with Crippen molar-refractivity contribution >= 4 is 21.6 Å². The number of hydrogen-bond donors (Lipinski definition) is 3. The first-order valence-electron chi connectivity index (χ1n) is 9.25. The summed E-state index contributed by atoms with van der Waals surface area (Å²) in [5.74, 6) is -0.977. The fourth-order valence-corrected chi connectivity index (χ4v) is 5.53. The number of nitrogens with one attached hydrogen (secondary N) is 3. The summed E-state index contributed by atoms with van der Waals surface area (Å²) in [6.07, 6.45) is 1.37. The Morgan fingerprint density at radius 3 is 2.90 bits per heavy atom. The number of aryl methyl sites for hydroxylation is 2. The number of fused-ring (bicyclic) bond motifs is 2. The molecule has 3 heterocycles. The molecule has 1 aromatic carbocycles. The lowest BCUT2D eigenvalue weighted by molar-refractivity contribution is 0.101. The maximum Gasteiger partial charge on any atom is 0.276 e. The molecule has 8 nitrogen and oxygen atoms in total. The van der Waals surface area contributed by atoms with Crippen LogP contribution >= 0.6 is 0 Å². The monoisotopic (exact) mass is 422 g/mol. The molecule has 2 atom stereocenters. The number of anilines is 1. The summed E-state index contributed by atoms with van der Waals surface area (Å²) in [7, 11) is -2.32. The fraction of sp³-hybridized carbons (Fsp3) is 0.421. The molecular formula is C19H23FN4O4S. The van der Waals surface area contributed by atoms with Gasteiger partial charge in [0.05, 0.1) is 6.61 Å². The molecule has 0 unspecified atom stereocenters. The van der Waals surface area contributed by atoms with Gasteiger partial charge in [0.2, 0.25) is 10.0 Å². The van der Waals surface area contributed by atoms with Crippen molar-refractivity contribution in [1.82, 2.24) is 14.6 Å². The summed E-state index contributed by atoms with van der Waals surface area (Å²) in [4.78, 5) is 12.9. The third kappa shape index (κ3) is 3.41. The van der Waals surface area contributed by atoms with E-state index in [0.29, 0.717) is 24.3 Å². The number of carbonyl (C=O) groups excluding carboxylic acids is 1. The largest absolute Gasteiger partial charge is 0.489 e. The number of sulfonamides is 1. The first kappa shape index (κ1) is 19.9. The highest BCUT2D eigenvalue weighted by Gasteiger charge is 2.46. The van der Waals surface area contributed by atoms with E-state index in [1.165, 1.54) is 29.0 Å². The molecule has 1 aromatic heterocycles. The molecule has 3 N–H and O–H groups in total. The minimum absolute atomic E-state index is 0.0188. The number of halogens is 1. The summed E-state index contributed by atoms with van der Waals surface area (Å²) in [5.41, 5.74) is 0.214. The molecule has 0 saturated carbocycles.